The molecule has 0 aromatic carbocycles. The zero-order chi connectivity index (χ0) is 17.4. The second-order valence-corrected chi connectivity index (χ2v) is 6.63. The summed E-state index contributed by atoms with van der Waals surface area (Å²) in [5.74, 6) is 2.41. The number of rotatable bonds is 5. The number of aromatic nitrogens is 3. The average Bonchev–Trinajstić information content (AvgIpc) is 3.47. The number of hydrogen-bond acceptors (Lipinski definition) is 6. The number of pyridine rings is 1. The van der Waals surface area contributed by atoms with Crippen LogP contribution in [0.15, 0.2) is 16.9 Å². The molecule has 2 aromatic rings. The largest absolute Gasteiger partial charge is 0.481 e. The highest BCUT2D eigenvalue weighted by molar-refractivity contribution is 5.31. The van der Waals surface area contributed by atoms with Crippen LogP contribution in [0.2, 0.25) is 0 Å². The van der Waals surface area contributed by atoms with Crippen LogP contribution in [0.25, 0.3) is 0 Å². The van der Waals surface area contributed by atoms with Gasteiger partial charge in [-0.25, -0.2) is 4.98 Å². The van der Waals surface area contributed by atoms with E-state index in [-0.39, 0.29) is 5.56 Å². The van der Waals surface area contributed by atoms with Crippen molar-refractivity contribution in [1.29, 1.82) is 0 Å². The highest BCUT2D eigenvalue weighted by Crippen LogP contribution is 2.38. The van der Waals surface area contributed by atoms with E-state index in [2.05, 4.69) is 14.9 Å². The van der Waals surface area contributed by atoms with E-state index in [0.717, 1.165) is 42.0 Å². The number of aromatic amines is 1. The molecule has 1 aliphatic carbocycles. The minimum Gasteiger partial charge on any atom is -0.481 e. The van der Waals surface area contributed by atoms with Crippen LogP contribution in [0.4, 0.5) is 0 Å². The monoisotopic (exact) mass is 342 g/mol. The predicted molar refractivity (Wildman–Crippen MR) is 92.0 cm³/mol. The molecule has 0 atom stereocenters. The Morgan fingerprint density at radius 3 is 2.80 bits per heavy atom. The van der Waals surface area contributed by atoms with Crippen LogP contribution in [0.5, 0.6) is 11.8 Å². The first-order chi connectivity index (χ1) is 12.2. The molecule has 4 rings (SSSR count). The number of nitrogens with one attached hydrogen (secondary N) is 1. The normalized spacial score (nSPS) is 17.2. The van der Waals surface area contributed by atoms with Crippen LogP contribution in [-0.4, -0.2) is 40.6 Å². The molecule has 3 heterocycles. The first-order valence-electron chi connectivity index (χ1n) is 8.60. The number of fused-ring (bicyclic) bond motifs is 1. The molecule has 0 saturated heterocycles. The van der Waals surface area contributed by atoms with E-state index in [4.69, 9.17) is 14.5 Å². The molecule has 25 heavy (non-hydrogen) atoms. The van der Waals surface area contributed by atoms with Crippen molar-refractivity contribution >= 4 is 0 Å². The molecule has 132 valence electrons. The zero-order valence-electron chi connectivity index (χ0n) is 14.5. The zero-order valence-corrected chi connectivity index (χ0v) is 14.5. The second kappa shape index (κ2) is 6.48. The van der Waals surface area contributed by atoms with Crippen LogP contribution < -0.4 is 15.0 Å². The predicted octanol–water partition coefficient (Wildman–Crippen LogP) is 1.62. The van der Waals surface area contributed by atoms with Gasteiger partial charge in [-0.05, 0) is 25.3 Å². The topological polar surface area (TPSA) is 80.3 Å². The molecular formula is C18H22N4O3. The third-order valence-electron chi connectivity index (χ3n) is 4.84. The third-order valence-corrected chi connectivity index (χ3v) is 4.84. The van der Waals surface area contributed by atoms with Gasteiger partial charge in [-0.2, -0.15) is 4.98 Å². The van der Waals surface area contributed by atoms with E-state index < -0.39 is 0 Å². The molecule has 7 heteroatoms. The lowest BCUT2D eigenvalue weighted by molar-refractivity contribution is 0.235. The summed E-state index contributed by atoms with van der Waals surface area (Å²) in [7, 11) is 3.20. The highest BCUT2D eigenvalue weighted by Gasteiger charge is 2.29. The first-order valence-corrected chi connectivity index (χ1v) is 8.60. The molecule has 1 fully saturated rings. The van der Waals surface area contributed by atoms with Crippen LogP contribution in [0.1, 0.15) is 41.4 Å². The molecule has 0 bridgehead atoms. The lowest BCUT2D eigenvalue weighted by Crippen LogP contribution is -2.35. The fourth-order valence-electron chi connectivity index (χ4n) is 3.30. The quantitative estimate of drug-likeness (QED) is 0.889. The van der Waals surface area contributed by atoms with Gasteiger partial charge in [0.05, 0.1) is 19.9 Å². The fourth-order valence-corrected chi connectivity index (χ4v) is 3.30. The Morgan fingerprint density at radius 1 is 1.24 bits per heavy atom. The van der Waals surface area contributed by atoms with Gasteiger partial charge in [0.25, 0.3) is 5.56 Å². The van der Waals surface area contributed by atoms with Crippen molar-refractivity contribution in [3.8, 4) is 11.8 Å². The Balaban J connectivity index is 1.55. The lowest BCUT2D eigenvalue weighted by atomic mass is 10.1. The van der Waals surface area contributed by atoms with E-state index in [1.54, 1.807) is 14.2 Å². The van der Waals surface area contributed by atoms with Gasteiger partial charge >= 0.3 is 0 Å². The second-order valence-electron chi connectivity index (χ2n) is 6.63. The van der Waals surface area contributed by atoms with E-state index in [9.17, 15) is 4.79 Å². The van der Waals surface area contributed by atoms with Gasteiger partial charge in [-0.15, -0.1) is 0 Å². The molecule has 2 aliphatic rings. The summed E-state index contributed by atoms with van der Waals surface area (Å²) in [6.07, 6.45) is 2.97. The van der Waals surface area contributed by atoms with Crippen molar-refractivity contribution in [3.63, 3.8) is 0 Å². The highest BCUT2D eigenvalue weighted by atomic mass is 16.5. The summed E-state index contributed by atoms with van der Waals surface area (Å²) in [6.45, 7) is 2.19. The summed E-state index contributed by atoms with van der Waals surface area (Å²) >= 11 is 0. The Kier molecular flexibility index (Phi) is 4.17. The smallest absolute Gasteiger partial charge is 0.254 e. The van der Waals surface area contributed by atoms with Gasteiger partial charge in [-0.3, -0.25) is 9.69 Å². The molecule has 7 nitrogen and oxygen atoms in total. The number of ether oxygens (including phenoxy) is 2. The summed E-state index contributed by atoms with van der Waals surface area (Å²) in [5.41, 5.74) is 2.78. The Hall–Kier alpha value is -2.41. The maximum Gasteiger partial charge on any atom is 0.254 e. The van der Waals surface area contributed by atoms with Crippen molar-refractivity contribution in [2.24, 2.45) is 0 Å². The molecule has 1 N–H and O–H groups in total. The SMILES string of the molecule is COc1ccc(CN2CCc3c(nc(C4CC4)[nH]c3=O)C2)c(OC)n1. The molecule has 1 aliphatic heterocycles. The fraction of sp³-hybridized carbons (Fsp3) is 0.500. The molecule has 0 amide bonds. The van der Waals surface area contributed by atoms with Crippen LogP contribution >= 0.6 is 0 Å². The minimum atomic E-state index is 0.0373. The van der Waals surface area contributed by atoms with Crippen molar-refractivity contribution in [1.82, 2.24) is 19.9 Å². The van der Waals surface area contributed by atoms with E-state index >= 15 is 0 Å². The minimum absolute atomic E-state index is 0.0373. The van der Waals surface area contributed by atoms with E-state index in [1.165, 1.54) is 0 Å². The molecular weight excluding hydrogens is 320 g/mol. The van der Waals surface area contributed by atoms with Gasteiger partial charge in [-0.1, -0.05) is 0 Å². The van der Waals surface area contributed by atoms with Gasteiger partial charge < -0.3 is 14.5 Å². The molecule has 0 spiro atoms. The first kappa shape index (κ1) is 16.1. The molecule has 0 unspecified atom stereocenters. The van der Waals surface area contributed by atoms with Crippen LogP contribution in [-0.2, 0) is 19.5 Å². The van der Waals surface area contributed by atoms with E-state index in [0.29, 0.717) is 37.2 Å². The van der Waals surface area contributed by atoms with Crippen molar-refractivity contribution in [2.45, 2.75) is 38.3 Å². The molecule has 0 radical (unpaired) electrons. The van der Waals surface area contributed by atoms with Gasteiger partial charge in [0.1, 0.15) is 5.82 Å². The van der Waals surface area contributed by atoms with Crippen molar-refractivity contribution in [2.75, 3.05) is 20.8 Å². The number of methoxy groups -OCH3 is 2. The molecule has 1 saturated carbocycles. The van der Waals surface area contributed by atoms with Crippen molar-refractivity contribution < 1.29 is 9.47 Å². The summed E-state index contributed by atoms with van der Waals surface area (Å²) in [6, 6.07) is 3.81. The Morgan fingerprint density at radius 2 is 2.08 bits per heavy atom. The van der Waals surface area contributed by atoms with Crippen LogP contribution in [0, 0.1) is 0 Å². The maximum absolute atomic E-state index is 12.3. The lowest BCUT2D eigenvalue weighted by Gasteiger charge is -2.28. The third kappa shape index (κ3) is 3.24. The average molecular weight is 342 g/mol. The summed E-state index contributed by atoms with van der Waals surface area (Å²) in [4.78, 5) is 26.6. The Bertz CT molecular complexity index is 845. The standard InChI is InChI=1S/C18H22N4O3/c1-24-15-6-5-12(18(20-15)25-2)9-22-8-7-13-14(10-22)19-16(11-3-4-11)21-17(13)23/h5-6,11H,3-4,7-10H2,1-2H3,(H,19,21,23). The maximum atomic E-state index is 12.3. The number of hydrogen-bond donors (Lipinski definition) is 1. The summed E-state index contributed by atoms with van der Waals surface area (Å²) in [5, 5.41) is 0. The van der Waals surface area contributed by atoms with Gasteiger partial charge in [0.2, 0.25) is 11.8 Å². The Labute approximate surface area is 146 Å². The summed E-state index contributed by atoms with van der Waals surface area (Å²) < 4.78 is 10.5. The number of H-pyrrole nitrogens is 1. The van der Waals surface area contributed by atoms with Gasteiger partial charge in [0.15, 0.2) is 0 Å². The van der Waals surface area contributed by atoms with E-state index in [1.807, 2.05) is 12.1 Å². The van der Waals surface area contributed by atoms with Crippen LogP contribution in [0.3, 0.4) is 0 Å². The van der Waals surface area contributed by atoms with Crippen molar-refractivity contribution in [3.05, 3.63) is 45.1 Å². The van der Waals surface area contributed by atoms with Gasteiger partial charge in [0, 0.05) is 42.7 Å². The number of nitrogens with zero attached hydrogens (tertiary/aromatic N) is 3. The molecule has 2 aromatic heterocycles.